The highest BCUT2D eigenvalue weighted by atomic mass is 35.5. The summed E-state index contributed by atoms with van der Waals surface area (Å²) in [5, 5.41) is 13.5. The number of benzene rings is 2. The molecule has 1 atom stereocenters. The van der Waals surface area contributed by atoms with Crippen molar-refractivity contribution in [1.29, 1.82) is 0 Å². The molecule has 180 valence electrons. The van der Waals surface area contributed by atoms with Crippen LogP contribution in [-0.2, 0) is 21.7 Å². The third kappa shape index (κ3) is 6.84. The molecule has 2 heterocycles. The highest BCUT2D eigenvalue weighted by Crippen LogP contribution is 2.28. The van der Waals surface area contributed by atoms with E-state index >= 15 is 0 Å². The van der Waals surface area contributed by atoms with Crippen molar-refractivity contribution in [2.45, 2.75) is 62.5 Å². The van der Waals surface area contributed by atoms with Gasteiger partial charge >= 0.3 is 0 Å². The summed E-state index contributed by atoms with van der Waals surface area (Å²) in [4.78, 5) is 12.2. The number of nitrogens with one attached hydrogen (secondary N) is 1. The number of nitrogens with zero attached hydrogens (tertiary/aromatic N) is 3. The average molecular weight is 499 g/mol. The van der Waals surface area contributed by atoms with Crippen molar-refractivity contribution in [3.63, 3.8) is 0 Å². The molecule has 0 spiro atoms. The van der Waals surface area contributed by atoms with Gasteiger partial charge in [0.2, 0.25) is 5.91 Å². The van der Waals surface area contributed by atoms with Gasteiger partial charge in [0, 0.05) is 36.8 Å². The van der Waals surface area contributed by atoms with Crippen LogP contribution in [-0.4, -0.2) is 39.9 Å². The number of amides is 1. The van der Waals surface area contributed by atoms with E-state index in [1.807, 2.05) is 24.3 Å². The van der Waals surface area contributed by atoms with Gasteiger partial charge in [-0.15, -0.1) is 10.2 Å². The first-order valence-corrected chi connectivity index (χ1v) is 13.2. The van der Waals surface area contributed by atoms with Crippen LogP contribution in [0.3, 0.4) is 0 Å². The average Bonchev–Trinajstić information content (AvgIpc) is 3.50. The first-order valence-electron chi connectivity index (χ1n) is 11.9. The van der Waals surface area contributed by atoms with Crippen LogP contribution in [0.2, 0.25) is 5.02 Å². The topological polar surface area (TPSA) is 69.0 Å². The molecule has 4 rings (SSSR count). The summed E-state index contributed by atoms with van der Waals surface area (Å²) >= 11 is 7.95. The molecule has 1 aliphatic heterocycles. The number of ether oxygens (including phenoxy) is 1. The van der Waals surface area contributed by atoms with Gasteiger partial charge in [0.25, 0.3) is 0 Å². The van der Waals surface area contributed by atoms with Crippen molar-refractivity contribution in [3.8, 4) is 5.69 Å². The van der Waals surface area contributed by atoms with E-state index in [0.29, 0.717) is 18.0 Å². The number of carbonyl (C=O) groups is 1. The smallest absolute Gasteiger partial charge is 0.220 e. The molecular weight excluding hydrogens is 468 g/mol. The SMILES string of the molecule is Cc1ccccc1CSc1nnc(CCCCC(=O)NCC2CCCO2)n1-c1cccc(Cl)c1. The van der Waals surface area contributed by atoms with E-state index in [1.54, 1.807) is 11.8 Å². The number of hydrogen-bond donors (Lipinski definition) is 1. The van der Waals surface area contributed by atoms with Gasteiger partial charge < -0.3 is 10.1 Å². The monoisotopic (exact) mass is 498 g/mol. The minimum Gasteiger partial charge on any atom is -0.376 e. The number of unbranched alkanes of at least 4 members (excludes halogenated alkanes) is 1. The lowest BCUT2D eigenvalue weighted by atomic mass is 10.1. The summed E-state index contributed by atoms with van der Waals surface area (Å²) in [7, 11) is 0. The van der Waals surface area contributed by atoms with Crippen LogP contribution in [0, 0.1) is 6.92 Å². The van der Waals surface area contributed by atoms with Gasteiger partial charge in [-0.05, 0) is 61.9 Å². The number of aromatic nitrogens is 3. The molecule has 0 radical (unpaired) electrons. The van der Waals surface area contributed by atoms with Crippen molar-refractivity contribution < 1.29 is 9.53 Å². The van der Waals surface area contributed by atoms with Crippen LogP contribution >= 0.6 is 23.4 Å². The molecule has 1 amide bonds. The van der Waals surface area contributed by atoms with Gasteiger partial charge in [0.15, 0.2) is 5.16 Å². The van der Waals surface area contributed by atoms with Gasteiger partial charge in [0.05, 0.1) is 11.8 Å². The molecule has 0 bridgehead atoms. The third-order valence-corrected chi connectivity index (χ3v) is 7.20. The highest BCUT2D eigenvalue weighted by molar-refractivity contribution is 7.98. The molecule has 0 saturated carbocycles. The molecule has 3 aromatic rings. The van der Waals surface area contributed by atoms with E-state index < -0.39 is 0 Å². The van der Waals surface area contributed by atoms with Gasteiger partial charge in [-0.25, -0.2) is 0 Å². The Morgan fingerprint density at radius 1 is 1.21 bits per heavy atom. The zero-order valence-electron chi connectivity index (χ0n) is 19.5. The number of aryl methyl sites for hydroxylation is 2. The van der Waals surface area contributed by atoms with Crippen LogP contribution in [0.25, 0.3) is 5.69 Å². The Morgan fingerprint density at radius 2 is 2.09 bits per heavy atom. The minimum absolute atomic E-state index is 0.0845. The molecule has 34 heavy (non-hydrogen) atoms. The molecule has 1 aromatic heterocycles. The first kappa shape index (κ1) is 24.8. The van der Waals surface area contributed by atoms with Crippen LogP contribution in [0.5, 0.6) is 0 Å². The quantitative estimate of drug-likeness (QED) is 0.278. The van der Waals surface area contributed by atoms with Crippen LogP contribution in [0.1, 0.15) is 49.1 Å². The fraction of sp³-hybridized carbons (Fsp3) is 0.423. The predicted octanol–water partition coefficient (Wildman–Crippen LogP) is 5.53. The lowest BCUT2D eigenvalue weighted by Crippen LogP contribution is -2.31. The molecular formula is C26H31ClN4O2S. The second kappa shape index (κ2) is 12.4. The second-order valence-corrected chi connectivity index (χ2v) is 9.95. The van der Waals surface area contributed by atoms with E-state index in [2.05, 4.69) is 51.3 Å². The summed E-state index contributed by atoms with van der Waals surface area (Å²) < 4.78 is 7.65. The van der Waals surface area contributed by atoms with Crippen molar-refractivity contribution in [1.82, 2.24) is 20.1 Å². The van der Waals surface area contributed by atoms with E-state index in [-0.39, 0.29) is 12.0 Å². The summed E-state index contributed by atoms with van der Waals surface area (Å²) in [5.74, 6) is 1.78. The normalized spacial score (nSPS) is 15.5. The van der Waals surface area contributed by atoms with Gasteiger partial charge in [-0.3, -0.25) is 9.36 Å². The molecule has 1 saturated heterocycles. The Labute approximate surface area is 210 Å². The Hall–Kier alpha value is -2.35. The Balaban J connectivity index is 1.37. The number of rotatable bonds is 11. The fourth-order valence-electron chi connectivity index (χ4n) is 4.03. The third-order valence-electron chi connectivity index (χ3n) is 5.99. The Morgan fingerprint density at radius 3 is 2.88 bits per heavy atom. The van der Waals surface area contributed by atoms with Gasteiger partial charge in [0.1, 0.15) is 5.82 Å². The van der Waals surface area contributed by atoms with Crippen LogP contribution in [0.4, 0.5) is 0 Å². The minimum atomic E-state index is 0.0845. The Bertz CT molecular complexity index is 1100. The lowest BCUT2D eigenvalue weighted by Gasteiger charge is -2.12. The van der Waals surface area contributed by atoms with Crippen molar-refractivity contribution in [3.05, 3.63) is 70.5 Å². The molecule has 2 aromatic carbocycles. The van der Waals surface area contributed by atoms with Crippen molar-refractivity contribution in [2.75, 3.05) is 13.2 Å². The van der Waals surface area contributed by atoms with E-state index in [9.17, 15) is 4.79 Å². The molecule has 8 heteroatoms. The molecule has 1 aliphatic rings. The number of halogens is 1. The van der Waals surface area contributed by atoms with E-state index in [0.717, 1.165) is 61.1 Å². The summed E-state index contributed by atoms with van der Waals surface area (Å²) in [6, 6.07) is 16.2. The molecule has 1 N–H and O–H groups in total. The predicted molar refractivity (Wildman–Crippen MR) is 137 cm³/mol. The van der Waals surface area contributed by atoms with E-state index in [4.69, 9.17) is 16.3 Å². The maximum atomic E-state index is 12.2. The fourth-order valence-corrected chi connectivity index (χ4v) is 5.27. The Kier molecular flexibility index (Phi) is 9.02. The number of carbonyl (C=O) groups excluding carboxylic acids is 1. The number of hydrogen-bond acceptors (Lipinski definition) is 5. The number of thioether (sulfide) groups is 1. The highest BCUT2D eigenvalue weighted by Gasteiger charge is 2.17. The summed E-state index contributed by atoms with van der Waals surface area (Å²) in [5.41, 5.74) is 3.50. The molecule has 1 fully saturated rings. The zero-order chi connectivity index (χ0) is 23.8. The largest absolute Gasteiger partial charge is 0.376 e. The summed E-state index contributed by atoms with van der Waals surface area (Å²) in [6.07, 6.45) is 5.19. The first-order chi connectivity index (χ1) is 16.6. The molecule has 6 nitrogen and oxygen atoms in total. The van der Waals surface area contributed by atoms with E-state index in [1.165, 1.54) is 11.1 Å². The second-order valence-electron chi connectivity index (χ2n) is 8.58. The van der Waals surface area contributed by atoms with Gasteiger partial charge in [-0.2, -0.15) is 0 Å². The summed E-state index contributed by atoms with van der Waals surface area (Å²) in [6.45, 7) is 3.54. The van der Waals surface area contributed by atoms with Crippen LogP contribution in [0.15, 0.2) is 53.7 Å². The zero-order valence-corrected chi connectivity index (χ0v) is 21.1. The maximum Gasteiger partial charge on any atom is 0.220 e. The van der Waals surface area contributed by atoms with Crippen molar-refractivity contribution in [2.24, 2.45) is 0 Å². The lowest BCUT2D eigenvalue weighted by molar-refractivity contribution is -0.121. The van der Waals surface area contributed by atoms with Gasteiger partial charge in [-0.1, -0.05) is 53.7 Å². The molecule has 0 aliphatic carbocycles. The molecule has 1 unspecified atom stereocenters. The maximum absolute atomic E-state index is 12.2. The standard InChI is InChI=1S/C26H31ClN4O2S/c1-19-8-2-3-9-20(19)18-34-26-30-29-24(31(26)22-11-6-10-21(27)16-22)13-4-5-14-25(32)28-17-23-12-7-15-33-23/h2-3,6,8-11,16,23H,4-5,7,12-15,17-18H2,1H3,(H,28,32). The van der Waals surface area contributed by atoms with Crippen LogP contribution < -0.4 is 5.32 Å². The van der Waals surface area contributed by atoms with Crippen molar-refractivity contribution >= 4 is 29.3 Å².